The van der Waals surface area contributed by atoms with Crippen LogP contribution in [0.25, 0.3) is 0 Å². The van der Waals surface area contributed by atoms with Crippen molar-refractivity contribution in [1.29, 1.82) is 5.26 Å². The van der Waals surface area contributed by atoms with Crippen LogP contribution in [0.1, 0.15) is 38.6 Å². The summed E-state index contributed by atoms with van der Waals surface area (Å²) in [6.45, 7) is 6.48. The Morgan fingerprint density at radius 1 is 1.41 bits per heavy atom. The molecule has 1 atom stereocenters. The van der Waals surface area contributed by atoms with Crippen LogP contribution >= 0.6 is 0 Å². The monoisotopic (exact) mass is 236 g/mol. The van der Waals surface area contributed by atoms with Crippen LogP contribution in [0.15, 0.2) is 0 Å². The number of aliphatic hydroxyl groups is 1. The average molecular weight is 236 g/mol. The molecule has 0 aliphatic rings. The van der Waals surface area contributed by atoms with Gasteiger partial charge in [-0.2, -0.15) is 5.26 Å². The second kappa shape index (κ2) is 6.36. The van der Waals surface area contributed by atoms with Gasteiger partial charge < -0.3 is 5.11 Å². The molecule has 0 aromatic carbocycles. The van der Waals surface area contributed by atoms with Gasteiger partial charge in [-0.3, -0.25) is 0 Å². The molecule has 0 saturated carbocycles. The lowest BCUT2D eigenvalue weighted by Crippen LogP contribution is -2.16. The molecule has 1 aromatic rings. The van der Waals surface area contributed by atoms with Crippen LogP contribution in [0, 0.1) is 17.2 Å². The maximum absolute atomic E-state index is 9.39. The maximum atomic E-state index is 9.39. The zero-order chi connectivity index (χ0) is 12.8. The van der Waals surface area contributed by atoms with E-state index in [4.69, 9.17) is 5.26 Å². The van der Waals surface area contributed by atoms with E-state index in [2.05, 4.69) is 30.2 Å². The van der Waals surface area contributed by atoms with E-state index < -0.39 is 6.10 Å². The lowest BCUT2D eigenvalue weighted by molar-refractivity contribution is 0.166. The van der Waals surface area contributed by atoms with E-state index in [0.29, 0.717) is 12.5 Å². The summed E-state index contributed by atoms with van der Waals surface area (Å²) in [6, 6.07) is 2.10. The van der Waals surface area contributed by atoms with E-state index in [9.17, 15) is 5.11 Å². The highest BCUT2D eigenvalue weighted by molar-refractivity contribution is 5.14. The highest BCUT2D eigenvalue weighted by Gasteiger charge is 2.14. The molecule has 1 N–H and O–H groups in total. The first kappa shape index (κ1) is 13.7. The van der Waals surface area contributed by atoms with Crippen molar-refractivity contribution in [2.45, 2.75) is 52.7 Å². The predicted molar refractivity (Wildman–Crippen MR) is 64.2 cm³/mol. The Morgan fingerprint density at radius 3 is 2.65 bits per heavy atom. The summed E-state index contributed by atoms with van der Waals surface area (Å²) >= 11 is 0. The fraction of sp³-hybridized carbons (Fsp3) is 0.750. The van der Waals surface area contributed by atoms with Gasteiger partial charge in [-0.05, 0) is 25.7 Å². The fourth-order valence-electron chi connectivity index (χ4n) is 1.68. The average Bonchev–Trinajstić information content (AvgIpc) is 2.58. The molecule has 1 unspecified atom stereocenters. The summed E-state index contributed by atoms with van der Waals surface area (Å²) < 4.78 is 1.72. The fourth-order valence-corrected chi connectivity index (χ4v) is 1.68. The molecule has 5 heteroatoms. The highest BCUT2D eigenvalue weighted by atomic mass is 16.3. The predicted octanol–water partition coefficient (Wildman–Crippen LogP) is 1.31. The largest absolute Gasteiger partial charge is 0.391 e. The van der Waals surface area contributed by atoms with Crippen molar-refractivity contribution in [3.63, 3.8) is 0 Å². The second-order valence-corrected chi connectivity index (χ2v) is 4.78. The van der Waals surface area contributed by atoms with Gasteiger partial charge in [-0.25, -0.2) is 4.68 Å². The van der Waals surface area contributed by atoms with Crippen molar-refractivity contribution < 1.29 is 5.11 Å². The van der Waals surface area contributed by atoms with E-state index in [1.54, 1.807) is 11.6 Å². The number of hydrogen-bond donors (Lipinski definition) is 1. The summed E-state index contributed by atoms with van der Waals surface area (Å²) in [5.74, 6) is 0.597. The third-order valence-corrected chi connectivity index (χ3v) is 2.56. The molecule has 1 aromatic heterocycles. The molecule has 94 valence electrons. The van der Waals surface area contributed by atoms with Gasteiger partial charge in [0, 0.05) is 0 Å². The SMILES string of the molecule is CC(C)CCc1c(CC#N)nnn1CC(C)O. The normalized spacial score (nSPS) is 12.7. The minimum absolute atomic E-state index is 0.285. The van der Waals surface area contributed by atoms with Gasteiger partial charge in [0.25, 0.3) is 0 Å². The smallest absolute Gasteiger partial charge is 0.0999 e. The molecule has 0 radical (unpaired) electrons. The Morgan fingerprint density at radius 2 is 2.12 bits per heavy atom. The van der Waals surface area contributed by atoms with Gasteiger partial charge >= 0.3 is 0 Å². The summed E-state index contributed by atoms with van der Waals surface area (Å²) in [6.07, 6.45) is 1.72. The molecule has 0 aliphatic carbocycles. The summed E-state index contributed by atoms with van der Waals surface area (Å²) in [4.78, 5) is 0. The van der Waals surface area contributed by atoms with Gasteiger partial charge in [0.2, 0.25) is 0 Å². The summed E-state index contributed by atoms with van der Waals surface area (Å²) in [5.41, 5.74) is 1.73. The highest BCUT2D eigenvalue weighted by Crippen LogP contribution is 2.13. The van der Waals surface area contributed by atoms with Crippen molar-refractivity contribution in [3.8, 4) is 6.07 Å². The molecule has 0 bridgehead atoms. The van der Waals surface area contributed by atoms with Crippen molar-refractivity contribution in [2.75, 3.05) is 0 Å². The quantitative estimate of drug-likeness (QED) is 0.808. The minimum atomic E-state index is -0.454. The summed E-state index contributed by atoms with van der Waals surface area (Å²) in [7, 11) is 0. The maximum Gasteiger partial charge on any atom is 0.0999 e. The standard InChI is InChI=1S/C12H20N4O/c1-9(2)4-5-12-11(6-7-13)14-15-16(12)8-10(3)17/h9-10,17H,4-6,8H2,1-3H3. The first-order chi connectivity index (χ1) is 8.04. The zero-order valence-corrected chi connectivity index (χ0v) is 10.7. The Labute approximate surface area is 102 Å². The molecule has 0 aliphatic heterocycles. The first-order valence-electron chi connectivity index (χ1n) is 6.00. The molecular formula is C12H20N4O. The number of rotatable bonds is 6. The molecule has 1 heterocycles. The van der Waals surface area contributed by atoms with Crippen LogP contribution in [0.4, 0.5) is 0 Å². The van der Waals surface area contributed by atoms with Gasteiger partial charge in [-0.15, -0.1) is 5.10 Å². The molecule has 0 spiro atoms. The van der Waals surface area contributed by atoms with Gasteiger partial charge in [0.1, 0.15) is 0 Å². The van der Waals surface area contributed by atoms with E-state index in [1.807, 2.05) is 0 Å². The first-order valence-corrected chi connectivity index (χ1v) is 6.00. The summed E-state index contributed by atoms with van der Waals surface area (Å²) in [5, 5.41) is 26.2. The third-order valence-electron chi connectivity index (χ3n) is 2.56. The number of nitrogens with zero attached hydrogens (tertiary/aromatic N) is 4. The van der Waals surface area contributed by atoms with Crippen LogP contribution in [-0.4, -0.2) is 26.2 Å². The molecule has 5 nitrogen and oxygen atoms in total. The number of aliphatic hydroxyl groups excluding tert-OH is 1. The number of nitriles is 1. The van der Waals surface area contributed by atoms with Crippen LogP contribution in [0.3, 0.4) is 0 Å². The van der Waals surface area contributed by atoms with E-state index in [1.165, 1.54) is 0 Å². The molecule has 17 heavy (non-hydrogen) atoms. The van der Waals surface area contributed by atoms with Crippen molar-refractivity contribution in [3.05, 3.63) is 11.4 Å². The van der Waals surface area contributed by atoms with Crippen molar-refractivity contribution in [1.82, 2.24) is 15.0 Å². The zero-order valence-electron chi connectivity index (χ0n) is 10.7. The van der Waals surface area contributed by atoms with E-state index in [0.717, 1.165) is 24.2 Å². The molecule has 0 saturated heterocycles. The van der Waals surface area contributed by atoms with Crippen LogP contribution in [0.5, 0.6) is 0 Å². The van der Waals surface area contributed by atoms with Crippen LogP contribution in [0.2, 0.25) is 0 Å². The van der Waals surface area contributed by atoms with Crippen LogP contribution in [-0.2, 0) is 19.4 Å². The lowest BCUT2D eigenvalue weighted by atomic mass is 10.0. The third kappa shape index (κ3) is 4.16. The topological polar surface area (TPSA) is 74.7 Å². The molecular weight excluding hydrogens is 216 g/mol. The second-order valence-electron chi connectivity index (χ2n) is 4.78. The van der Waals surface area contributed by atoms with Gasteiger partial charge in [0.05, 0.1) is 36.5 Å². The number of aromatic nitrogens is 3. The Balaban J connectivity index is 2.85. The molecule has 0 fully saturated rings. The Kier molecular flexibility index (Phi) is 5.11. The molecule has 0 amide bonds. The number of hydrogen-bond acceptors (Lipinski definition) is 4. The van der Waals surface area contributed by atoms with Gasteiger partial charge in [-0.1, -0.05) is 19.1 Å². The Bertz CT molecular complexity index is 390. The van der Waals surface area contributed by atoms with Gasteiger partial charge in [0.15, 0.2) is 0 Å². The van der Waals surface area contributed by atoms with E-state index in [-0.39, 0.29) is 6.42 Å². The molecule has 1 rings (SSSR count). The Hall–Kier alpha value is -1.41. The lowest BCUT2D eigenvalue weighted by Gasteiger charge is -2.10. The van der Waals surface area contributed by atoms with Crippen molar-refractivity contribution >= 4 is 0 Å². The minimum Gasteiger partial charge on any atom is -0.391 e. The van der Waals surface area contributed by atoms with E-state index >= 15 is 0 Å². The van der Waals surface area contributed by atoms with Crippen LogP contribution < -0.4 is 0 Å². The van der Waals surface area contributed by atoms with Crippen molar-refractivity contribution in [2.24, 2.45) is 5.92 Å².